The highest BCUT2D eigenvalue weighted by Crippen LogP contribution is 2.44. The molecule has 0 radical (unpaired) electrons. The van der Waals surface area contributed by atoms with Gasteiger partial charge in [0, 0.05) is 28.3 Å². The Morgan fingerprint density at radius 2 is 1.85 bits per heavy atom. The summed E-state index contributed by atoms with van der Waals surface area (Å²) in [7, 11) is 0. The topological polar surface area (TPSA) is 29.1 Å². The lowest BCUT2D eigenvalue weighted by Crippen LogP contribution is -2.32. The molecule has 3 rings (SSSR count). The van der Waals surface area contributed by atoms with Gasteiger partial charge in [0.25, 0.3) is 0 Å². The lowest BCUT2D eigenvalue weighted by molar-refractivity contribution is 0.0939. The molecule has 3 heteroatoms. The highest BCUT2D eigenvalue weighted by Gasteiger charge is 2.27. The molecule has 0 amide bonds. The summed E-state index contributed by atoms with van der Waals surface area (Å²) in [5.41, 5.74) is 7.06. The zero-order valence-corrected chi connectivity index (χ0v) is 17.1. The van der Waals surface area contributed by atoms with Gasteiger partial charge in [-0.15, -0.1) is 0 Å². The molecule has 136 valence electrons. The van der Waals surface area contributed by atoms with Crippen LogP contribution in [0.1, 0.15) is 56.1 Å². The molecule has 0 saturated carbocycles. The van der Waals surface area contributed by atoms with Crippen LogP contribution in [0.15, 0.2) is 36.4 Å². The van der Waals surface area contributed by atoms with Crippen molar-refractivity contribution in [1.82, 2.24) is 0 Å². The summed E-state index contributed by atoms with van der Waals surface area (Å²) >= 11 is 6.85. The van der Waals surface area contributed by atoms with Crippen LogP contribution >= 0.6 is 11.6 Å². The lowest BCUT2D eigenvalue weighted by atomic mass is 9.87. The minimum atomic E-state index is -0.101. The van der Waals surface area contributed by atoms with Gasteiger partial charge in [-0.25, -0.2) is 0 Å². The molecule has 0 fully saturated rings. The van der Waals surface area contributed by atoms with Crippen molar-refractivity contribution in [3.05, 3.63) is 58.1 Å². The van der Waals surface area contributed by atoms with E-state index >= 15 is 0 Å². The normalized spacial score (nSPS) is 15.3. The van der Waals surface area contributed by atoms with Crippen molar-refractivity contribution in [3.63, 3.8) is 0 Å². The standard InChI is InChI=1S/C23H26ClNO/c1-13(2)22(26)17-9-7-8-16(11-17)18-10-14(3)21-19(20(18)24)15(4)12-23(5,6)25-21/h7-13,25H,1-6H3. The maximum absolute atomic E-state index is 12.4. The van der Waals surface area contributed by atoms with Gasteiger partial charge in [0.15, 0.2) is 5.78 Å². The van der Waals surface area contributed by atoms with Gasteiger partial charge in [-0.3, -0.25) is 4.79 Å². The predicted octanol–water partition coefficient (Wildman–Crippen LogP) is 6.76. The van der Waals surface area contributed by atoms with E-state index in [9.17, 15) is 4.79 Å². The lowest BCUT2D eigenvalue weighted by Gasteiger charge is -2.33. The quantitative estimate of drug-likeness (QED) is 0.607. The second kappa shape index (κ2) is 6.59. The molecule has 0 aromatic heterocycles. The van der Waals surface area contributed by atoms with Crippen LogP contribution in [-0.4, -0.2) is 11.3 Å². The molecule has 0 unspecified atom stereocenters. The van der Waals surface area contributed by atoms with E-state index < -0.39 is 0 Å². The van der Waals surface area contributed by atoms with Crippen LogP contribution in [0.4, 0.5) is 5.69 Å². The van der Waals surface area contributed by atoms with Gasteiger partial charge in [0.1, 0.15) is 0 Å². The minimum absolute atomic E-state index is 0.0254. The van der Waals surface area contributed by atoms with Crippen LogP contribution in [0.25, 0.3) is 16.7 Å². The number of hydrogen-bond acceptors (Lipinski definition) is 2. The molecule has 0 bridgehead atoms. The zero-order chi connectivity index (χ0) is 19.2. The molecule has 2 nitrogen and oxygen atoms in total. The van der Waals surface area contributed by atoms with E-state index in [4.69, 9.17) is 11.6 Å². The Morgan fingerprint density at radius 1 is 1.15 bits per heavy atom. The van der Waals surface area contributed by atoms with Crippen LogP contribution in [-0.2, 0) is 0 Å². The van der Waals surface area contributed by atoms with Crippen molar-refractivity contribution in [2.24, 2.45) is 5.92 Å². The Labute approximate surface area is 161 Å². The third-order valence-electron chi connectivity index (χ3n) is 4.86. The average Bonchev–Trinajstić information content (AvgIpc) is 2.56. The van der Waals surface area contributed by atoms with Crippen molar-refractivity contribution in [2.75, 3.05) is 5.32 Å². The first-order valence-electron chi connectivity index (χ1n) is 9.06. The summed E-state index contributed by atoms with van der Waals surface area (Å²) in [5, 5.41) is 4.32. The number of rotatable bonds is 3. The Morgan fingerprint density at radius 3 is 2.50 bits per heavy atom. The van der Waals surface area contributed by atoms with Gasteiger partial charge in [-0.05, 0) is 56.5 Å². The van der Waals surface area contributed by atoms with E-state index in [1.54, 1.807) is 0 Å². The SMILES string of the molecule is CC1=CC(C)(C)Nc2c(C)cc(-c3cccc(C(=O)C(C)C)c3)c(Cl)c21. The predicted molar refractivity (Wildman–Crippen MR) is 112 cm³/mol. The Kier molecular flexibility index (Phi) is 4.74. The number of carbonyl (C=O) groups is 1. The van der Waals surface area contributed by atoms with Crippen LogP contribution in [0.5, 0.6) is 0 Å². The van der Waals surface area contributed by atoms with E-state index in [0.29, 0.717) is 0 Å². The van der Waals surface area contributed by atoms with Crippen LogP contribution < -0.4 is 5.32 Å². The molecule has 2 aromatic carbocycles. The Balaban J connectivity index is 2.18. The fourth-order valence-corrected chi connectivity index (χ4v) is 4.09. The van der Waals surface area contributed by atoms with E-state index in [0.717, 1.165) is 38.5 Å². The fourth-order valence-electron chi connectivity index (χ4n) is 3.68. The number of anilines is 1. The number of hydrogen-bond donors (Lipinski definition) is 1. The molecule has 0 aliphatic carbocycles. The number of aryl methyl sites for hydroxylation is 1. The van der Waals surface area contributed by atoms with Crippen LogP contribution in [0, 0.1) is 12.8 Å². The highest BCUT2D eigenvalue weighted by atomic mass is 35.5. The van der Waals surface area contributed by atoms with Gasteiger partial charge in [0.05, 0.1) is 10.6 Å². The molecule has 0 saturated heterocycles. The number of nitrogens with one attached hydrogen (secondary N) is 1. The van der Waals surface area contributed by atoms with Crippen molar-refractivity contribution < 1.29 is 4.79 Å². The Hall–Kier alpha value is -2.06. The number of allylic oxidation sites excluding steroid dienone is 1. The molecule has 0 spiro atoms. The number of carbonyl (C=O) groups excluding carboxylic acids is 1. The molecule has 0 atom stereocenters. The monoisotopic (exact) mass is 367 g/mol. The highest BCUT2D eigenvalue weighted by molar-refractivity contribution is 6.36. The number of benzene rings is 2. The summed E-state index contributed by atoms with van der Waals surface area (Å²) in [6.07, 6.45) is 2.21. The third kappa shape index (κ3) is 3.31. The largest absolute Gasteiger partial charge is 0.376 e. The van der Waals surface area contributed by atoms with E-state index in [2.05, 4.69) is 45.2 Å². The van der Waals surface area contributed by atoms with E-state index in [-0.39, 0.29) is 17.2 Å². The third-order valence-corrected chi connectivity index (χ3v) is 5.26. The Bertz CT molecular complexity index is 922. The zero-order valence-electron chi connectivity index (χ0n) is 16.3. The number of halogens is 1. The first-order valence-corrected chi connectivity index (χ1v) is 9.44. The van der Waals surface area contributed by atoms with E-state index in [1.807, 2.05) is 38.1 Å². The molecule has 1 N–H and O–H groups in total. The maximum Gasteiger partial charge on any atom is 0.165 e. The number of ketones is 1. The number of Topliss-reactive ketones (excluding diaryl/α,β-unsaturated/α-hetero) is 1. The summed E-state index contributed by atoms with van der Waals surface area (Å²) in [4.78, 5) is 12.4. The average molecular weight is 368 g/mol. The fraction of sp³-hybridized carbons (Fsp3) is 0.348. The molecule has 1 aliphatic rings. The summed E-state index contributed by atoms with van der Waals surface area (Å²) in [5.74, 6) is 0.125. The van der Waals surface area contributed by atoms with Gasteiger partial charge in [-0.1, -0.05) is 49.7 Å². The first-order chi connectivity index (χ1) is 12.1. The summed E-state index contributed by atoms with van der Waals surface area (Å²) in [6.45, 7) is 12.4. The second-order valence-electron chi connectivity index (χ2n) is 8.08. The van der Waals surface area contributed by atoms with Crippen molar-refractivity contribution in [2.45, 2.75) is 47.1 Å². The van der Waals surface area contributed by atoms with Crippen LogP contribution in [0.3, 0.4) is 0 Å². The smallest absolute Gasteiger partial charge is 0.165 e. The summed E-state index contributed by atoms with van der Waals surface area (Å²) < 4.78 is 0. The van der Waals surface area contributed by atoms with Crippen LogP contribution in [0.2, 0.25) is 5.02 Å². The molecule has 26 heavy (non-hydrogen) atoms. The number of fused-ring (bicyclic) bond motifs is 1. The van der Waals surface area contributed by atoms with Gasteiger partial charge in [-0.2, -0.15) is 0 Å². The minimum Gasteiger partial charge on any atom is -0.376 e. The van der Waals surface area contributed by atoms with Gasteiger partial charge >= 0.3 is 0 Å². The summed E-state index contributed by atoms with van der Waals surface area (Å²) in [6, 6.07) is 9.89. The first kappa shape index (κ1) is 18.7. The molecule has 1 aliphatic heterocycles. The van der Waals surface area contributed by atoms with Gasteiger partial charge < -0.3 is 5.32 Å². The molecule has 2 aromatic rings. The molecular weight excluding hydrogens is 342 g/mol. The molecular formula is C23H26ClNO. The van der Waals surface area contributed by atoms with Crippen molar-refractivity contribution in [3.8, 4) is 11.1 Å². The maximum atomic E-state index is 12.4. The van der Waals surface area contributed by atoms with Gasteiger partial charge in [0.2, 0.25) is 0 Å². The molecule has 1 heterocycles. The van der Waals surface area contributed by atoms with Crippen molar-refractivity contribution >= 4 is 28.6 Å². The van der Waals surface area contributed by atoms with E-state index in [1.165, 1.54) is 5.57 Å². The second-order valence-corrected chi connectivity index (χ2v) is 8.46. The van der Waals surface area contributed by atoms with Crippen molar-refractivity contribution in [1.29, 1.82) is 0 Å².